The smallest absolute Gasteiger partial charge is 0.0595 e. The molecular formula is C15H22Cl2N2. The second kappa shape index (κ2) is 9.38. The zero-order valence-corrected chi connectivity index (χ0v) is 12.7. The lowest BCUT2D eigenvalue weighted by atomic mass is 10.0. The molecule has 0 aliphatic carbocycles. The van der Waals surface area contributed by atoms with Crippen molar-refractivity contribution in [3.8, 4) is 0 Å². The Morgan fingerprint density at radius 1 is 1.21 bits per heavy atom. The molecule has 106 valence electrons. The summed E-state index contributed by atoms with van der Waals surface area (Å²) in [6, 6.07) is 6.01. The van der Waals surface area contributed by atoms with Crippen molar-refractivity contribution in [3.05, 3.63) is 46.5 Å². The predicted octanol–water partition coefficient (Wildman–Crippen LogP) is 4.50. The summed E-state index contributed by atoms with van der Waals surface area (Å²) < 4.78 is 0. The molecule has 0 spiro atoms. The fraction of sp³-hybridized carbons (Fsp3) is 0.467. The van der Waals surface area contributed by atoms with Crippen LogP contribution in [0.2, 0.25) is 10.0 Å². The van der Waals surface area contributed by atoms with E-state index in [4.69, 9.17) is 29.0 Å². The molecule has 0 aromatic heterocycles. The Hall–Kier alpha value is -0.540. The third-order valence-corrected chi connectivity index (χ3v) is 3.90. The lowest BCUT2D eigenvalue weighted by molar-refractivity contribution is 0.464. The minimum atomic E-state index is 0.279. The van der Waals surface area contributed by atoms with Gasteiger partial charge in [0.05, 0.1) is 10.0 Å². The summed E-state index contributed by atoms with van der Waals surface area (Å²) >= 11 is 11.9. The first-order valence-electron chi connectivity index (χ1n) is 6.68. The molecule has 0 amide bonds. The Bertz CT molecular complexity index is 394. The average molecular weight is 301 g/mol. The highest BCUT2D eigenvalue weighted by atomic mass is 35.5. The van der Waals surface area contributed by atoms with Crippen LogP contribution in [0, 0.1) is 0 Å². The molecule has 1 unspecified atom stereocenters. The fourth-order valence-electron chi connectivity index (χ4n) is 2.05. The molecule has 3 N–H and O–H groups in total. The molecule has 0 saturated carbocycles. The Morgan fingerprint density at radius 3 is 2.63 bits per heavy atom. The first-order chi connectivity index (χ1) is 9.17. The molecule has 19 heavy (non-hydrogen) atoms. The molecule has 4 heteroatoms. The topological polar surface area (TPSA) is 38.0 Å². The molecule has 1 aromatic rings. The molecule has 0 bridgehead atoms. The van der Waals surface area contributed by atoms with Crippen molar-refractivity contribution in [1.82, 2.24) is 5.43 Å². The molecule has 1 atom stereocenters. The minimum absolute atomic E-state index is 0.279. The highest BCUT2D eigenvalue weighted by Gasteiger charge is 2.08. The molecule has 0 heterocycles. The van der Waals surface area contributed by atoms with Gasteiger partial charge in [-0.25, -0.2) is 0 Å². The van der Waals surface area contributed by atoms with Crippen molar-refractivity contribution >= 4 is 23.2 Å². The Kier molecular flexibility index (Phi) is 8.15. The first-order valence-corrected chi connectivity index (χ1v) is 7.44. The van der Waals surface area contributed by atoms with E-state index in [9.17, 15) is 0 Å². The van der Waals surface area contributed by atoms with Crippen LogP contribution in [0.3, 0.4) is 0 Å². The number of unbranched alkanes of at least 4 members (excludes halogenated alkanes) is 3. The molecule has 1 aromatic carbocycles. The molecule has 0 fully saturated rings. The van der Waals surface area contributed by atoms with Crippen LogP contribution in [0.1, 0.15) is 37.7 Å². The van der Waals surface area contributed by atoms with Gasteiger partial charge in [-0.2, -0.15) is 0 Å². The molecule has 0 aliphatic rings. The highest BCUT2D eigenvalue weighted by Crippen LogP contribution is 2.23. The van der Waals surface area contributed by atoms with E-state index < -0.39 is 0 Å². The maximum atomic E-state index is 6.01. The molecule has 1 rings (SSSR count). The standard InChI is InChI=1S/C15H22Cl2N2/c1-2-3-4-5-6-7-13(19-18)10-12-8-9-14(16)15(17)11-12/h2,8-9,11,13,19H,1,3-7,10,18H2. The van der Waals surface area contributed by atoms with Crippen LogP contribution in [0.4, 0.5) is 0 Å². The van der Waals surface area contributed by atoms with Gasteiger partial charge >= 0.3 is 0 Å². The molecular weight excluding hydrogens is 279 g/mol. The maximum absolute atomic E-state index is 6.01. The SMILES string of the molecule is C=CCCCCCC(Cc1ccc(Cl)c(Cl)c1)NN. The second-order valence-corrected chi connectivity index (χ2v) is 5.56. The summed E-state index contributed by atoms with van der Waals surface area (Å²) in [6.45, 7) is 3.73. The van der Waals surface area contributed by atoms with E-state index in [-0.39, 0.29) is 6.04 Å². The Morgan fingerprint density at radius 2 is 2.00 bits per heavy atom. The number of benzene rings is 1. The minimum Gasteiger partial charge on any atom is -0.271 e. The number of rotatable bonds is 9. The van der Waals surface area contributed by atoms with Gasteiger partial charge in [-0.15, -0.1) is 6.58 Å². The first kappa shape index (κ1) is 16.5. The van der Waals surface area contributed by atoms with Gasteiger partial charge < -0.3 is 0 Å². The number of hydrogen-bond acceptors (Lipinski definition) is 2. The number of halogens is 2. The summed E-state index contributed by atoms with van der Waals surface area (Å²) in [5.74, 6) is 5.60. The van der Waals surface area contributed by atoms with E-state index in [0.717, 1.165) is 24.8 Å². The van der Waals surface area contributed by atoms with Gasteiger partial charge in [0.1, 0.15) is 0 Å². The zero-order chi connectivity index (χ0) is 14.1. The van der Waals surface area contributed by atoms with Crippen molar-refractivity contribution < 1.29 is 0 Å². The molecule has 0 saturated heterocycles. The van der Waals surface area contributed by atoms with Gasteiger partial charge in [0, 0.05) is 6.04 Å². The van der Waals surface area contributed by atoms with E-state index in [2.05, 4.69) is 12.0 Å². The summed E-state index contributed by atoms with van der Waals surface area (Å²) in [5, 5.41) is 1.19. The van der Waals surface area contributed by atoms with Crippen LogP contribution in [0.25, 0.3) is 0 Å². The summed E-state index contributed by atoms with van der Waals surface area (Å²) in [5.41, 5.74) is 4.04. The Balaban J connectivity index is 2.38. The summed E-state index contributed by atoms with van der Waals surface area (Å²) in [4.78, 5) is 0. The Labute approximate surface area is 125 Å². The zero-order valence-electron chi connectivity index (χ0n) is 11.2. The largest absolute Gasteiger partial charge is 0.271 e. The van der Waals surface area contributed by atoms with Crippen LogP contribution < -0.4 is 11.3 Å². The van der Waals surface area contributed by atoms with Gasteiger partial charge in [0.25, 0.3) is 0 Å². The van der Waals surface area contributed by atoms with E-state index in [1.165, 1.54) is 19.3 Å². The monoisotopic (exact) mass is 300 g/mol. The summed E-state index contributed by atoms with van der Waals surface area (Å²) in [7, 11) is 0. The van der Waals surface area contributed by atoms with E-state index in [1.807, 2.05) is 24.3 Å². The number of nitrogens with two attached hydrogens (primary N) is 1. The van der Waals surface area contributed by atoms with Crippen LogP contribution in [0.15, 0.2) is 30.9 Å². The normalized spacial score (nSPS) is 12.4. The molecule has 2 nitrogen and oxygen atoms in total. The molecule has 0 aliphatic heterocycles. The average Bonchev–Trinajstić information content (AvgIpc) is 2.41. The van der Waals surface area contributed by atoms with Gasteiger partial charge in [0.2, 0.25) is 0 Å². The van der Waals surface area contributed by atoms with Gasteiger partial charge in [-0.3, -0.25) is 11.3 Å². The van der Waals surface area contributed by atoms with Gasteiger partial charge in [-0.1, -0.05) is 48.2 Å². The quantitative estimate of drug-likeness (QED) is 0.305. The van der Waals surface area contributed by atoms with E-state index in [1.54, 1.807) is 0 Å². The fourth-order valence-corrected chi connectivity index (χ4v) is 2.37. The second-order valence-electron chi connectivity index (χ2n) is 4.74. The van der Waals surface area contributed by atoms with E-state index >= 15 is 0 Å². The third kappa shape index (κ3) is 6.44. The third-order valence-electron chi connectivity index (χ3n) is 3.16. The maximum Gasteiger partial charge on any atom is 0.0595 e. The van der Waals surface area contributed by atoms with Crippen molar-refractivity contribution in [3.63, 3.8) is 0 Å². The van der Waals surface area contributed by atoms with Gasteiger partial charge in [-0.05, 0) is 43.4 Å². The van der Waals surface area contributed by atoms with Crippen LogP contribution in [-0.4, -0.2) is 6.04 Å². The number of allylic oxidation sites excluding steroid dienone is 1. The van der Waals surface area contributed by atoms with Crippen LogP contribution in [0.5, 0.6) is 0 Å². The molecule has 0 radical (unpaired) electrons. The highest BCUT2D eigenvalue weighted by molar-refractivity contribution is 6.42. The predicted molar refractivity (Wildman–Crippen MR) is 84.6 cm³/mol. The number of hydrazine groups is 1. The van der Waals surface area contributed by atoms with Crippen molar-refractivity contribution in [2.75, 3.05) is 0 Å². The lowest BCUT2D eigenvalue weighted by Crippen LogP contribution is -2.36. The van der Waals surface area contributed by atoms with Crippen LogP contribution >= 0.6 is 23.2 Å². The van der Waals surface area contributed by atoms with E-state index in [0.29, 0.717) is 10.0 Å². The number of nitrogens with one attached hydrogen (secondary N) is 1. The van der Waals surface area contributed by atoms with Crippen LogP contribution in [-0.2, 0) is 6.42 Å². The van der Waals surface area contributed by atoms with Crippen molar-refractivity contribution in [2.24, 2.45) is 5.84 Å². The van der Waals surface area contributed by atoms with Gasteiger partial charge in [0.15, 0.2) is 0 Å². The number of hydrogen-bond donors (Lipinski definition) is 2. The lowest BCUT2D eigenvalue weighted by Gasteiger charge is -2.16. The van der Waals surface area contributed by atoms with Crippen molar-refractivity contribution in [1.29, 1.82) is 0 Å². The van der Waals surface area contributed by atoms with Crippen molar-refractivity contribution in [2.45, 2.75) is 44.6 Å². The summed E-state index contributed by atoms with van der Waals surface area (Å²) in [6.07, 6.45) is 8.58.